The Morgan fingerprint density at radius 1 is 1.09 bits per heavy atom. The first-order chi connectivity index (χ1) is 17.0. The Hall–Kier alpha value is -2.87. The first kappa shape index (κ1) is 25.2. The first-order valence-corrected chi connectivity index (χ1v) is 12.9. The van der Waals surface area contributed by atoms with E-state index in [1.165, 1.54) is 29.0 Å². The van der Waals surface area contributed by atoms with Gasteiger partial charge in [0.15, 0.2) is 0 Å². The monoisotopic (exact) mass is 481 g/mol. The van der Waals surface area contributed by atoms with E-state index in [0.29, 0.717) is 38.3 Å². The quantitative estimate of drug-likeness (QED) is 0.480. The Morgan fingerprint density at radius 2 is 1.83 bits per heavy atom. The standard InChI is InChI=1S/C27H39N5O3/c1-31(2)25-23-10-6-7-11-24(23)29-26(30-25)28-22-14-12-20(13-15-22)18-32(27(33)34)16-17-35-19-21-8-4-3-5-9-21/h3-5,8-9,20,22H,6-7,10-19H2,1-2H3,(H,33,34)(H,28,29,30). The van der Waals surface area contributed by atoms with E-state index in [1.807, 2.05) is 44.4 Å². The van der Waals surface area contributed by atoms with E-state index < -0.39 is 6.09 Å². The minimum absolute atomic E-state index is 0.329. The third-order valence-electron chi connectivity index (χ3n) is 7.13. The number of rotatable bonds is 10. The number of hydrogen-bond acceptors (Lipinski definition) is 6. The molecule has 4 rings (SSSR count). The molecule has 0 radical (unpaired) electrons. The molecule has 1 saturated carbocycles. The zero-order valence-electron chi connectivity index (χ0n) is 21.1. The van der Waals surface area contributed by atoms with Crippen LogP contribution in [0.5, 0.6) is 0 Å². The number of nitrogens with one attached hydrogen (secondary N) is 1. The van der Waals surface area contributed by atoms with Crippen molar-refractivity contribution in [1.82, 2.24) is 14.9 Å². The summed E-state index contributed by atoms with van der Waals surface area (Å²) in [4.78, 5) is 25.1. The molecule has 8 nitrogen and oxygen atoms in total. The molecular weight excluding hydrogens is 442 g/mol. The fourth-order valence-corrected chi connectivity index (χ4v) is 5.20. The summed E-state index contributed by atoms with van der Waals surface area (Å²) in [6, 6.07) is 10.3. The maximum atomic E-state index is 11.8. The number of nitrogens with zero attached hydrogens (tertiary/aromatic N) is 4. The number of aromatic nitrogens is 2. The number of anilines is 2. The Balaban J connectivity index is 1.24. The molecule has 2 aliphatic rings. The number of amides is 1. The van der Waals surface area contributed by atoms with Crippen molar-refractivity contribution in [3.8, 4) is 0 Å². The summed E-state index contributed by atoms with van der Waals surface area (Å²) in [6.45, 7) is 1.88. The highest BCUT2D eigenvalue weighted by atomic mass is 16.5. The lowest BCUT2D eigenvalue weighted by molar-refractivity contribution is 0.0780. The molecular formula is C27H39N5O3. The van der Waals surface area contributed by atoms with Crippen LogP contribution >= 0.6 is 0 Å². The van der Waals surface area contributed by atoms with Crippen LogP contribution in [0.2, 0.25) is 0 Å². The van der Waals surface area contributed by atoms with E-state index in [1.54, 1.807) is 0 Å². The lowest BCUT2D eigenvalue weighted by atomic mass is 9.85. The van der Waals surface area contributed by atoms with Crippen LogP contribution < -0.4 is 10.2 Å². The van der Waals surface area contributed by atoms with Crippen LogP contribution in [-0.2, 0) is 24.2 Å². The van der Waals surface area contributed by atoms with E-state index in [-0.39, 0.29) is 0 Å². The molecule has 0 saturated heterocycles. The fraction of sp³-hybridized carbons (Fsp3) is 0.593. The highest BCUT2D eigenvalue weighted by Gasteiger charge is 2.26. The Bertz CT molecular complexity index is 961. The summed E-state index contributed by atoms with van der Waals surface area (Å²) >= 11 is 0. The third-order valence-corrected chi connectivity index (χ3v) is 7.13. The van der Waals surface area contributed by atoms with Crippen molar-refractivity contribution in [3.63, 3.8) is 0 Å². The molecule has 1 heterocycles. The molecule has 2 N–H and O–H groups in total. The summed E-state index contributed by atoms with van der Waals surface area (Å²) in [5, 5.41) is 13.3. The summed E-state index contributed by atoms with van der Waals surface area (Å²) in [5.74, 6) is 2.15. The predicted molar refractivity (Wildman–Crippen MR) is 138 cm³/mol. The minimum atomic E-state index is -0.868. The third kappa shape index (κ3) is 7.07. The first-order valence-electron chi connectivity index (χ1n) is 12.9. The topological polar surface area (TPSA) is 90.8 Å². The van der Waals surface area contributed by atoms with Crippen molar-refractivity contribution >= 4 is 17.9 Å². The van der Waals surface area contributed by atoms with Crippen LogP contribution in [0.1, 0.15) is 55.3 Å². The zero-order chi connectivity index (χ0) is 24.6. The van der Waals surface area contributed by atoms with Gasteiger partial charge in [0, 0.05) is 38.8 Å². The van der Waals surface area contributed by atoms with Crippen molar-refractivity contribution in [2.24, 2.45) is 5.92 Å². The van der Waals surface area contributed by atoms with Gasteiger partial charge in [0.25, 0.3) is 0 Å². The number of ether oxygens (including phenoxy) is 1. The number of carbonyl (C=O) groups is 1. The highest BCUT2D eigenvalue weighted by Crippen LogP contribution is 2.30. The van der Waals surface area contributed by atoms with Crippen molar-refractivity contribution < 1.29 is 14.6 Å². The van der Waals surface area contributed by atoms with Crippen LogP contribution in [0.4, 0.5) is 16.6 Å². The van der Waals surface area contributed by atoms with Gasteiger partial charge in [-0.1, -0.05) is 30.3 Å². The molecule has 2 aromatic rings. The van der Waals surface area contributed by atoms with E-state index in [9.17, 15) is 9.90 Å². The van der Waals surface area contributed by atoms with E-state index in [2.05, 4.69) is 10.2 Å². The van der Waals surface area contributed by atoms with Gasteiger partial charge in [0.2, 0.25) is 5.95 Å². The van der Waals surface area contributed by atoms with Gasteiger partial charge in [-0.05, 0) is 62.8 Å². The molecule has 0 unspecified atom stereocenters. The summed E-state index contributed by atoms with van der Waals surface area (Å²) in [7, 11) is 4.10. The fourth-order valence-electron chi connectivity index (χ4n) is 5.20. The second-order valence-electron chi connectivity index (χ2n) is 10.0. The van der Waals surface area contributed by atoms with Gasteiger partial charge in [-0.25, -0.2) is 9.78 Å². The van der Waals surface area contributed by atoms with E-state index in [0.717, 1.165) is 55.9 Å². The van der Waals surface area contributed by atoms with E-state index in [4.69, 9.17) is 14.7 Å². The molecule has 8 heteroatoms. The van der Waals surface area contributed by atoms with Gasteiger partial charge in [0.05, 0.1) is 18.9 Å². The summed E-state index contributed by atoms with van der Waals surface area (Å²) in [5.41, 5.74) is 3.59. The SMILES string of the molecule is CN(C)c1nc(NC2CCC(CN(CCOCc3ccccc3)C(=O)O)CC2)nc2c1CCCC2. The van der Waals surface area contributed by atoms with Gasteiger partial charge < -0.3 is 25.0 Å². The zero-order valence-corrected chi connectivity index (χ0v) is 21.1. The molecule has 0 bridgehead atoms. The number of benzene rings is 1. The smallest absolute Gasteiger partial charge is 0.407 e. The lowest BCUT2D eigenvalue weighted by Crippen LogP contribution is -2.39. The molecule has 1 aromatic carbocycles. The highest BCUT2D eigenvalue weighted by molar-refractivity contribution is 5.64. The number of fused-ring (bicyclic) bond motifs is 1. The van der Waals surface area contributed by atoms with Crippen LogP contribution in [0, 0.1) is 5.92 Å². The molecule has 190 valence electrons. The lowest BCUT2D eigenvalue weighted by Gasteiger charge is -2.32. The van der Waals surface area contributed by atoms with Crippen molar-refractivity contribution in [2.75, 3.05) is 44.0 Å². The number of hydrogen-bond donors (Lipinski definition) is 2. The average molecular weight is 482 g/mol. The Kier molecular flexibility index (Phi) is 8.79. The van der Waals surface area contributed by atoms with Crippen molar-refractivity contribution in [2.45, 2.75) is 64.0 Å². The van der Waals surface area contributed by atoms with Crippen LogP contribution in [0.3, 0.4) is 0 Å². The molecule has 2 aliphatic carbocycles. The number of carboxylic acid groups (broad SMARTS) is 1. The molecule has 1 amide bonds. The summed E-state index contributed by atoms with van der Waals surface area (Å²) in [6.07, 6.45) is 7.62. The van der Waals surface area contributed by atoms with Gasteiger partial charge in [-0.15, -0.1) is 0 Å². The Labute approximate surface area is 208 Å². The van der Waals surface area contributed by atoms with Gasteiger partial charge >= 0.3 is 6.09 Å². The maximum absolute atomic E-state index is 11.8. The van der Waals surface area contributed by atoms with Crippen molar-refractivity contribution in [3.05, 3.63) is 47.2 Å². The van der Waals surface area contributed by atoms with Gasteiger partial charge in [0.1, 0.15) is 5.82 Å². The van der Waals surface area contributed by atoms with Crippen LogP contribution in [-0.4, -0.2) is 65.9 Å². The minimum Gasteiger partial charge on any atom is -0.465 e. The second kappa shape index (κ2) is 12.2. The molecule has 0 atom stereocenters. The van der Waals surface area contributed by atoms with E-state index >= 15 is 0 Å². The molecule has 0 spiro atoms. The predicted octanol–water partition coefficient (Wildman–Crippen LogP) is 4.59. The van der Waals surface area contributed by atoms with Crippen molar-refractivity contribution in [1.29, 1.82) is 0 Å². The molecule has 0 aliphatic heterocycles. The number of aryl methyl sites for hydroxylation is 1. The van der Waals surface area contributed by atoms with Gasteiger partial charge in [-0.3, -0.25) is 0 Å². The maximum Gasteiger partial charge on any atom is 0.407 e. The second-order valence-corrected chi connectivity index (χ2v) is 10.0. The van der Waals surface area contributed by atoms with Gasteiger partial charge in [-0.2, -0.15) is 4.98 Å². The summed E-state index contributed by atoms with van der Waals surface area (Å²) < 4.78 is 5.71. The normalized spacial score (nSPS) is 19.6. The Morgan fingerprint density at radius 3 is 2.54 bits per heavy atom. The average Bonchev–Trinajstić information content (AvgIpc) is 2.87. The van der Waals surface area contributed by atoms with Crippen LogP contribution in [0.15, 0.2) is 30.3 Å². The molecule has 35 heavy (non-hydrogen) atoms. The molecule has 1 aromatic heterocycles. The largest absolute Gasteiger partial charge is 0.465 e. The van der Waals surface area contributed by atoms with Crippen LogP contribution in [0.25, 0.3) is 0 Å². The molecule has 1 fully saturated rings.